The summed E-state index contributed by atoms with van der Waals surface area (Å²) in [7, 11) is 0. The van der Waals surface area contributed by atoms with Gasteiger partial charge in [-0.15, -0.1) is 0 Å². The molecule has 0 amide bonds. The Balaban J connectivity index is 1.70. The Bertz CT molecular complexity index is 496. The van der Waals surface area contributed by atoms with E-state index in [1.165, 1.54) is 80.0 Å². The number of hydrogen-bond acceptors (Lipinski definition) is 0. The zero-order chi connectivity index (χ0) is 15.0. The summed E-state index contributed by atoms with van der Waals surface area (Å²) in [6.07, 6.45) is 13.3. The molecule has 5 rings (SSSR count). The monoisotopic (exact) mass is 292 g/mol. The van der Waals surface area contributed by atoms with Crippen LogP contribution in [0.25, 0.3) is 0 Å². The summed E-state index contributed by atoms with van der Waals surface area (Å²) in [5.74, 6) is 0. The molecular weight excluding hydrogens is 264 g/mol. The number of fused-ring (bicyclic) bond motifs is 2. The molecule has 0 aliphatic heterocycles. The predicted octanol–water partition coefficient (Wildman–Crippen LogP) is 6.11. The molecule has 0 radical (unpaired) electrons. The minimum atomic E-state index is 1.06. The number of benzene rings is 2. The highest BCUT2D eigenvalue weighted by Crippen LogP contribution is 2.16. The molecule has 0 atom stereocenters. The first-order valence-electron chi connectivity index (χ1n) is 9.06. The van der Waals surface area contributed by atoms with Crippen LogP contribution >= 0.6 is 0 Å². The van der Waals surface area contributed by atoms with E-state index >= 15 is 0 Å². The van der Waals surface area contributed by atoms with Gasteiger partial charge in [-0.25, -0.2) is 0 Å². The van der Waals surface area contributed by atoms with Crippen LogP contribution in [0.15, 0.2) is 48.5 Å². The van der Waals surface area contributed by atoms with Crippen molar-refractivity contribution in [2.75, 3.05) is 0 Å². The Morgan fingerprint density at radius 2 is 0.682 bits per heavy atom. The smallest absolute Gasteiger partial charge is 0.00258 e. The van der Waals surface area contributed by atoms with Crippen LogP contribution in [-0.2, 0) is 19.3 Å². The van der Waals surface area contributed by atoms with Gasteiger partial charge in [0.05, 0.1) is 0 Å². The fraction of sp³-hybridized carbons (Fsp3) is 0.455. The lowest BCUT2D eigenvalue weighted by Gasteiger charge is -2.08. The average molecular weight is 292 g/mol. The summed E-state index contributed by atoms with van der Waals surface area (Å²) in [5.41, 5.74) is 5.86. The van der Waals surface area contributed by atoms with Crippen LogP contribution in [0.1, 0.15) is 67.2 Å². The van der Waals surface area contributed by atoms with E-state index < -0.39 is 0 Å². The maximum atomic E-state index is 2.33. The SMILES string of the molecule is c1cc2ccc1CCCCCCCCCc1ccc(cc1)C2. The molecule has 2 aromatic rings. The van der Waals surface area contributed by atoms with Gasteiger partial charge in [0.1, 0.15) is 0 Å². The molecule has 0 fully saturated rings. The molecule has 0 spiro atoms. The van der Waals surface area contributed by atoms with Gasteiger partial charge in [0.2, 0.25) is 0 Å². The van der Waals surface area contributed by atoms with Gasteiger partial charge in [0.25, 0.3) is 0 Å². The van der Waals surface area contributed by atoms with Crippen molar-refractivity contribution in [1.29, 1.82) is 0 Å². The van der Waals surface area contributed by atoms with Crippen molar-refractivity contribution in [3.05, 3.63) is 70.8 Å². The molecule has 4 bridgehead atoms. The van der Waals surface area contributed by atoms with Crippen LogP contribution in [-0.4, -0.2) is 0 Å². The molecule has 0 nitrogen and oxygen atoms in total. The molecule has 0 N–H and O–H groups in total. The number of hydrogen-bond donors (Lipinski definition) is 0. The lowest BCUT2D eigenvalue weighted by Crippen LogP contribution is -1.93. The fourth-order valence-corrected chi connectivity index (χ4v) is 3.43. The van der Waals surface area contributed by atoms with E-state index in [9.17, 15) is 0 Å². The van der Waals surface area contributed by atoms with E-state index in [4.69, 9.17) is 0 Å². The van der Waals surface area contributed by atoms with Gasteiger partial charge in [0, 0.05) is 0 Å². The van der Waals surface area contributed by atoms with Crippen molar-refractivity contribution in [1.82, 2.24) is 0 Å². The summed E-state index contributed by atoms with van der Waals surface area (Å²) in [6.45, 7) is 0. The third kappa shape index (κ3) is 4.73. The lowest BCUT2D eigenvalue weighted by molar-refractivity contribution is 0.579. The van der Waals surface area contributed by atoms with Crippen LogP contribution < -0.4 is 0 Å². The molecule has 0 heterocycles. The molecule has 0 saturated heterocycles. The van der Waals surface area contributed by atoms with Crippen molar-refractivity contribution in [3.63, 3.8) is 0 Å². The summed E-state index contributed by atoms with van der Waals surface area (Å²) < 4.78 is 0. The maximum Gasteiger partial charge on any atom is -0.00258 e. The van der Waals surface area contributed by atoms with Gasteiger partial charge in [-0.05, 0) is 54.4 Å². The summed E-state index contributed by atoms with van der Waals surface area (Å²) in [5, 5.41) is 0. The van der Waals surface area contributed by atoms with E-state index in [2.05, 4.69) is 48.5 Å². The number of aryl methyl sites for hydroxylation is 2. The third-order valence-corrected chi connectivity index (χ3v) is 4.89. The minimum Gasteiger partial charge on any atom is -0.0588 e. The van der Waals surface area contributed by atoms with Gasteiger partial charge >= 0.3 is 0 Å². The second kappa shape index (κ2) is 8.17. The molecule has 3 aliphatic carbocycles. The Kier molecular flexibility index (Phi) is 5.70. The van der Waals surface area contributed by atoms with Gasteiger partial charge in [-0.1, -0.05) is 80.6 Å². The van der Waals surface area contributed by atoms with Crippen LogP contribution in [0.3, 0.4) is 0 Å². The standard InChI is InChI=1S/C22H28/c1-2-4-6-8-19-10-14-21(15-11-19)18-22-16-12-20(13-17-22)9-7-5-3-1/h10-17H,1-9,18H2. The lowest BCUT2D eigenvalue weighted by atomic mass is 9.98. The topological polar surface area (TPSA) is 0 Å². The normalized spacial score (nSPS) is 17.1. The Labute approximate surface area is 135 Å². The second-order valence-corrected chi connectivity index (χ2v) is 6.78. The van der Waals surface area contributed by atoms with Gasteiger partial charge < -0.3 is 0 Å². The fourth-order valence-electron chi connectivity index (χ4n) is 3.43. The average Bonchev–Trinajstić information content (AvgIpc) is 2.56. The summed E-state index contributed by atoms with van der Waals surface area (Å²) in [4.78, 5) is 0. The first-order chi connectivity index (χ1) is 10.9. The minimum absolute atomic E-state index is 1.06. The van der Waals surface area contributed by atoms with E-state index in [0.717, 1.165) is 6.42 Å². The van der Waals surface area contributed by atoms with Crippen LogP contribution in [0, 0.1) is 0 Å². The highest BCUT2D eigenvalue weighted by atomic mass is 14.1. The summed E-state index contributed by atoms with van der Waals surface area (Å²) in [6, 6.07) is 18.6. The van der Waals surface area contributed by atoms with E-state index in [-0.39, 0.29) is 0 Å². The largest absolute Gasteiger partial charge is 0.0588 e. The predicted molar refractivity (Wildman–Crippen MR) is 95.4 cm³/mol. The Morgan fingerprint density at radius 3 is 1.09 bits per heavy atom. The molecule has 0 saturated carbocycles. The first-order valence-corrected chi connectivity index (χ1v) is 9.06. The van der Waals surface area contributed by atoms with Crippen LogP contribution in [0.2, 0.25) is 0 Å². The van der Waals surface area contributed by atoms with Crippen LogP contribution in [0.5, 0.6) is 0 Å². The Morgan fingerprint density at radius 1 is 0.364 bits per heavy atom. The molecule has 0 aromatic heterocycles. The van der Waals surface area contributed by atoms with Crippen LogP contribution in [0.4, 0.5) is 0 Å². The van der Waals surface area contributed by atoms with Gasteiger partial charge in [0.15, 0.2) is 0 Å². The molecule has 116 valence electrons. The quantitative estimate of drug-likeness (QED) is 0.550. The highest BCUT2D eigenvalue weighted by Gasteiger charge is 2.01. The molecule has 0 heteroatoms. The number of rotatable bonds is 0. The third-order valence-electron chi connectivity index (χ3n) is 4.89. The van der Waals surface area contributed by atoms with Crippen molar-refractivity contribution >= 4 is 0 Å². The van der Waals surface area contributed by atoms with Crippen molar-refractivity contribution in [2.45, 2.75) is 64.2 Å². The summed E-state index contributed by atoms with van der Waals surface area (Å²) >= 11 is 0. The molecule has 0 unspecified atom stereocenters. The van der Waals surface area contributed by atoms with Gasteiger partial charge in [-0.3, -0.25) is 0 Å². The zero-order valence-corrected chi connectivity index (χ0v) is 13.7. The first kappa shape index (κ1) is 15.3. The Hall–Kier alpha value is -1.56. The highest BCUT2D eigenvalue weighted by molar-refractivity contribution is 5.30. The zero-order valence-electron chi connectivity index (χ0n) is 13.7. The molecular formula is C22H28. The van der Waals surface area contributed by atoms with E-state index in [1.807, 2.05) is 0 Å². The van der Waals surface area contributed by atoms with Crippen molar-refractivity contribution < 1.29 is 0 Å². The van der Waals surface area contributed by atoms with Crippen molar-refractivity contribution in [3.8, 4) is 0 Å². The van der Waals surface area contributed by atoms with E-state index in [1.54, 1.807) is 0 Å². The molecule has 22 heavy (non-hydrogen) atoms. The second-order valence-electron chi connectivity index (χ2n) is 6.78. The van der Waals surface area contributed by atoms with Gasteiger partial charge in [-0.2, -0.15) is 0 Å². The van der Waals surface area contributed by atoms with Crippen molar-refractivity contribution in [2.24, 2.45) is 0 Å². The molecule has 3 aliphatic rings. The maximum absolute atomic E-state index is 2.33. The molecule has 2 aromatic carbocycles. The van der Waals surface area contributed by atoms with E-state index in [0.29, 0.717) is 0 Å².